The second-order valence-corrected chi connectivity index (χ2v) is 6.42. The minimum absolute atomic E-state index is 0.0538. The van der Waals surface area contributed by atoms with Crippen LogP contribution in [-0.4, -0.2) is 56.1 Å². The zero-order chi connectivity index (χ0) is 13.2. The number of hydrogen-bond donors (Lipinski definition) is 2. The number of ether oxygens (including phenoxy) is 1. The van der Waals surface area contributed by atoms with Crippen molar-refractivity contribution in [2.45, 2.75) is 25.3 Å². The van der Waals surface area contributed by atoms with Crippen LogP contribution in [0.2, 0.25) is 0 Å². The molecule has 0 spiro atoms. The molecule has 2 rings (SSSR count). The molecule has 0 aromatic rings. The lowest BCUT2D eigenvalue weighted by Gasteiger charge is -2.30. The van der Waals surface area contributed by atoms with Gasteiger partial charge >= 0.3 is 5.97 Å². The van der Waals surface area contributed by atoms with Gasteiger partial charge in [0, 0.05) is 25.7 Å². The molecule has 2 atom stereocenters. The highest BCUT2D eigenvalue weighted by Crippen LogP contribution is 2.19. The third-order valence-corrected chi connectivity index (χ3v) is 4.96. The Labute approximate surface area is 106 Å². The van der Waals surface area contributed by atoms with Crippen molar-refractivity contribution in [3.63, 3.8) is 0 Å². The van der Waals surface area contributed by atoms with Crippen LogP contribution in [0.25, 0.3) is 0 Å². The zero-order valence-electron chi connectivity index (χ0n) is 10.0. The average Bonchev–Trinajstić information content (AvgIpc) is 2.81. The van der Waals surface area contributed by atoms with Crippen LogP contribution in [0, 0.1) is 5.92 Å². The quantitative estimate of drug-likeness (QED) is 0.716. The molecule has 2 N–H and O–H groups in total. The van der Waals surface area contributed by atoms with Gasteiger partial charge in [0.2, 0.25) is 0 Å². The molecule has 7 nitrogen and oxygen atoms in total. The average molecular weight is 278 g/mol. The van der Waals surface area contributed by atoms with E-state index in [0.29, 0.717) is 39.0 Å². The molecule has 2 fully saturated rings. The van der Waals surface area contributed by atoms with E-state index in [1.54, 1.807) is 0 Å². The third kappa shape index (κ3) is 3.19. The molecule has 0 aliphatic carbocycles. The predicted molar refractivity (Wildman–Crippen MR) is 63.2 cm³/mol. The van der Waals surface area contributed by atoms with Crippen molar-refractivity contribution in [1.82, 2.24) is 9.03 Å². The molecule has 2 heterocycles. The van der Waals surface area contributed by atoms with Gasteiger partial charge in [0.25, 0.3) is 10.2 Å². The number of nitrogens with zero attached hydrogens (tertiary/aromatic N) is 1. The van der Waals surface area contributed by atoms with Gasteiger partial charge in [0.05, 0.1) is 12.5 Å². The van der Waals surface area contributed by atoms with E-state index in [2.05, 4.69) is 4.72 Å². The van der Waals surface area contributed by atoms with Gasteiger partial charge < -0.3 is 9.84 Å². The van der Waals surface area contributed by atoms with Crippen molar-refractivity contribution >= 4 is 16.2 Å². The van der Waals surface area contributed by atoms with Crippen molar-refractivity contribution < 1.29 is 23.1 Å². The van der Waals surface area contributed by atoms with Crippen LogP contribution in [0.15, 0.2) is 0 Å². The molecule has 104 valence electrons. The minimum Gasteiger partial charge on any atom is -0.481 e. The Kier molecular flexibility index (Phi) is 4.21. The summed E-state index contributed by atoms with van der Waals surface area (Å²) in [6.45, 7) is 1.38. The van der Waals surface area contributed by atoms with Crippen molar-refractivity contribution in [3.8, 4) is 0 Å². The lowest BCUT2D eigenvalue weighted by Crippen LogP contribution is -2.50. The van der Waals surface area contributed by atoms with E-state index in [9.17, 15) is 13.2 Å². The molecular formula is C10H18N2O5S. The van der Waals surface area contributed by atoms with E-state index in [0.717, 1.165) is 0 Å². The van der Waals surface area contributed by atoms with Gasteiger partial charge in [-0.3, -0.25) is 4.79 Å². The predicted octanol–water partition coefficient (Wildman–Crippen LogP) is -0.594. The lowest BCUT2D eigenvalue weighted by atomic mass is 10.0. The Balaban J connectivity index is 1.97. The third-order valence-electron chi connectivity index (χ3n) is 3.32. The monoisotopic (exact) mass is 278 g/mol. The smallest absolute Gasteiger partial charge is 0.307 e. The van der Waals surface area contributed by atoms with Gasteiger partial charge in [-0.2, -0.15) is 17.4 Å². The summed E-state index contributed by atoms with van der Waals surface area (Å²) >= 11 is 0. The molecule has 0 aromatic carbocycles. The van der Waals surface area contributed by atoms with E-state index in [-0.39, 0.29) is 12.6 Å². The summed E-state index contributed by atoms with van der Waals surface area (Å²) in [6, 6.07) is -0.194. The van der Waals surface area contributed by atoms with Crippen molar-refractivity contribution in [2.24, 2.45) is 5.92 Å². The summed E-state index contributed by atoms with van der Waals surface area (Å²) in [5, 5.41) is 8.94. The molecule has 18 heavy (non-hydrogen) atoms. The molecule has 2 aliphatic heterocycles. The van der Waals surface area contributed by atoms with E-state index < -0.39 is 22.1 Å². The standard InChI is InChI=1S/C10H18N2O5S/c13-10(14)8-2-1-4-12(6-8)18(15,16)11-9-3-5-17-7-9/h8-9,11H,1-7H2,(H,13,14). The van der Waals surface area contributed by atoms with E-state index >= 15 is 0 Å². The van der Waals surface area contributed by atoms with E-state index in [1.807, 2.05) is 0 Å². The van der Waals surface area contributed by atoms with Crippen molar-refractivity contribution in [2.75, 3.05) is 26.3 Å². The first-order valence-electron chi connectivity index (χ1n) is 6.07. The molecule has 0 saturated carbocycles. The highest BCUT2D eigenvalue weighted by molar-refractivity contribution is 7.87. The maximum atomic E-state index is 12.1. The number of aliphatic carboxylic acids is 1. The van der Waals surface area contributed by atoms with Crippen LogP contribution in [0.4, 0.5) is 0 Å². The SMILES string of the molecule is O=C(O)C1CCCN(S(=O)(=O)NC2CCOC2)C1. The lowest BCUT2D eigenvalue weighted by molar-refractivity contribution is -0.142. The maximum absolute atomic E-state index is 12.1. The van der Waals surface area contributed by atoms with Gasteiger partial charge in [-0.25, -0.2) is 0 Å². The number of carbonyl (C=O) groups is 1. The van der Waals surface area contributed by atoms with Crippen LogP contribution in [0.3, 0.4) is 0 Å². The fourth-order valence-electron chi connectivity index (χ4n) is 2.27. The number of hydrogen-bond acceptors (Lipinski definition) is 4. The molecule has 0 bridgehead atoms. The second kappa shape index (κ2) is 5.52. The normalized spacial score (nSPS) is 30.4. The highest BCUT2D eigenvalue weighted by atomic mass is 32.2. The van der Waals surface area contributed by atoms with Crippen LogP contribution in [0.5, 0.6) is 0 Å². The molecule has 8 heteroatoms. The fraction of sp³-hybridized carbons (Fsp3) is 0.900. The zero-order valence-corrected chi connectivity index (χ0v) is 10.9. The van der Waals surface area contributed by atoms with E-state index in [1.165, 1.54) is 4.31 Å². The molecule has 2 saturated heterocycles. The van der Waals surface area contributed by atoms with Crippen LogP contribution >= 0.6 is 0 Å². The number of carboxylic acid groups (broad SMARTS) is 1. The Morgan fingerprint density at radius 3 is 2.78 bits per heavy atom. The highest BCUT2D eigenvalue weighted by Gasteiger charge is 2.33. The largest absolute Gasteiger partial charge is 0.481 e. The van der Waals surface area contributed by atoms with Gasteiger partial charge in [-0.15, -0.1) is 0 Å². The Morgan fingerprint density at radius 2 is 2.17 bits per heavy atom. The molecule has 0 radical (unpaired) electrons. The number of nitrogens with one attached hydrogen (secondary N) is 1. The van der Waals surface area contributed by atoms with Crippen LogP contribution < -0.4 is 4.72 Å². The topological polar surface area (TPSA) is 95.9 Å². The van der Waals surface area contributed by atoms with Gasteiger partial charge in [0.15, 0.2) is 0 Å². The molecule has 0 amide bonds. The fourth-order valence-corrected chi connectivity index (χ4v) is 3.78. The Hall–Kier alpha value is -0.700. The van der Waals surface area contributed by atoms with Gasteiger partial charge in [0.1, 0.15) is 0 Å². The number of piperidine rings is 1. The number of rotatable bonds is 4. The first-order chi connectivity index (χ1) is 8.49. The second-order valence-electron chi connectivity index (χ2n) is 4.72. The summed E-state index contributed by atoms with van der Waals surface area (Å²) in [4.78, 5) is 10.9. The molecule has 2 aliphatic rings. The van der Waals surface area contributed by atoms with Crippen molar-refractivity contribution in [1.29, 1.82) is 0 Å². The summed E-state index contributed by atoms with van der Waals surface area (Å²) in [5.41, 5.74) is 0. The number of carboxylic acids is 1. The first-order valence-corrected chi connectivity index (χ1v) is 7.51. The van der Waals surface area contributed by atoms with Gasteiger partial charge in [-0.05, 0) is 19.3 Å². The van der Waals surface area contributed by atoms with Crippen molar-refractivity contribution in [3.05, 3.63) is 0 Å². The molecule has 0 aromatic heterocycles. The summed E-state index contributed by atoms with van der Waals surface area (Å²) in [7, 11) is -3.59. The minimum atomic E-state index is -3.59. The summed E-state index contributed by atoms with van der Waals surface area (Å²) < 4.78 is 33.1. The van der Waals surface area contributed by atoms with E-state index in [4.69, 9.17) is 9.84 Å². The summed E-state index contributed by atoms with van der Waals surface area (Å²) in [6.07, 6.45) is 1.78. The molecular weight excluding hydrogens is 260 g/mol. The van der Waals surface area contributed by atoms with Gasteiger partial charge in [-0.1, -0.05) is 0 Å². The van der Waals surface area contributed by atoms with Crippen LogP contribution in [-0.2, 0) is 19.7 Å². The Bertz CT molecular complexity index is 404. The van der Waals surface area contributed by atoms with Crippen LogP contribution in [0.1, 0.15) is 19.3 Å². The maximum Gasteiger partial charge on any atom is 0.307 e. The Morgan fingerprint density at radius 1 is 1.39 bits per heavy atom. The summed E-state index contributed by atoms with van der Waals surface area (Å²) in [5.74, 6) is -1.53. The molecule has 2 unspecified atom stereocenters. The first kappa shape index (κ1) is 13.7.